The van der Waals surface area contributed by atoms with E-state index in [1.54, 1.807) is 18.2 Å². The summed E-state index contributed by atoms with van der Waals surface area (Å²) >= 11 is 0. The first-order chi connectivity index (χ1) is 8.12. The molecule has 0 radical (unpaired) electrons. The molecule has 0 bridgehead atoms. The Morgan fingerprint density at radius 1 is 1.00 bits per heavy atom. The molecule has 0 saturated heterocycles. The fraction of sp³-hybridized carbons (Fsp3) is 0.385. The SMILES string of the molecule is O=S(=O)(C(F)=C1CCCCC1)c1ccccc1. The third-order valence-electron chi connectivity index (χ3n) is 3.02. The second-order valence-electron chi connectivity index (χ2n) is 4.25. The molecule has 0 unspecified atom stereocenters. The molecule has 0 spiro atoms. The third kappa shape index (κ3) is 2.57. The van der Waals surface area contributed by atoms with E-state index in [1.807, 2.05) is 0 Å². The van der Waals surface area contributed by atoms with Gasteiger partial charge >= 0.3 is 0 Å². The summed E-state index contributed by atoms with van der Waals surface area (Å²) < 4.78 is 38.0. The first-order valence-corrected chi connectivity index (χ1v) is 7.28. The molecule has 0 atom stereocenters. The van der Waals surface area contributed by atoms with Crippen LogP contribution in [0.1, 0.15) is 32.1 Å². The number of allylic oxidation sites excluding steroid dienone is 1. The Labute approximate surface area is 101 Å². The minimum Gasteiger partial charge on any atom is -0.216 e. The van der Waals surface area contributed by atoms with Crippen LogP contribution >= 0.6 is 0 Å². The zero-order chi connectivity index (χ0) is 12.3. The summed E-state index contributed by atoms with van der Waals surface area (Å²) in [6.07, 6.45) is 3.96. The van der Waals surface area contributed by atoms with Gasteiger partial charge in [0.05, 0.1) is 4.90 Å². The van der Waals surface area contributed by atoms with Crippen LogP contribution in [0.4, 0.5) is 4.39 Å². The van der Waals surface area contributed by atoms with Crippen LogP contribution in [-0.2, 0) is 9.84 Å². The lowest BCUT2D eigenvalue weighted by atomic mass is 9.96. The van der Waals surface area contributed by atoms with Gasteiger partial charge in [0, 0.05) is 0 Å². The number of benzene rings is 1. The molecule has 1 saturated carbocycles. The van der Waals surface area contributed by atoms with E-state index in [1.165, 1.54) is 12.1 Å². The lowest BCUT2D eigenvalue weighted by Crippen LogP contribution is -2.06. The van der Waals surface area contributed by atoms with Crippen LogP contribution in [0.5, 0.6) is 0 Å². The molecule has 1 aromatic rings. The van der Waals surface area contributed by atoms with E-state index in [0.717, 1.165) is 19.3 Å². The molecule has 92 valence electrons. The largest absolute Gasteiger partial charge is 0.233 e. The highest BCUT2D eigenvalue weighted by Crippen LogP contribution is 2.31. The van der Waals surface area contributed by atoms with Gasteiger partial charge in [-0.05, 0) is 43.4 Å². The highest BCUT2D eigenvalue weighted by Gasteiger charge is 2.25. The van der Waals surface area contributed by atoms with E-state index in [-0.39, 0.29) is 4.90 Å². The van der Waals surface area contributed by atoms with Crippen LogP contribution in [0.15, 0.2) is 46.0 Å². The Kier molecular flexibility index (Phi) is 3.62. The predicted octanol–water partition coefficient (Wildman–Crippen LogP) is 3.61. The number of hydrogen-bond donors (Lipinski definition) is 0. The molecule has 4 heteroatoms. The Morgan fingerprint density at radius 2 is 1.59 bits per heavy atom. The minimum absolute atomic E-state index is 0.0376. The van der Waals surface area contributed by atoms with Gasteiger partial charge in [-0.3, -0.25) is 0 Å². The van der Waals surface area contributed by atoms with Gasteiger partial charge in [-0.1, -0.05) is 24.6 Å². The van der Waals surface area contributed by atoms with Crippen molar-refractivity contribution in [3.8, 4) is 0 Å². The van der Waals surface area contributed by atoms with Crippen molar-refractivity contribution in [2.75, 3.05) is 0 Å². The van der Waals surface area contributed by atoms with Crippen LogP contribution in [-0.4, -0.2) is 8.42 Å². The van der Waals surface area contributed by atoms with Crippen molar-refractivity contribution in [2.24, 2.45) is 0 Å². The first kappa shape index (κ1) is 12.3. The number of sulfone groups is 1. The maximum atomic E-state index is 14.0. The lowest BCUT2D eigenvalue weighted by molar-refractivity contribution is 0.544. The topological polar surface area (TPSA) is 34.1 Å². The number of halogens is 1. The van der Waals surface area contributed by atoms with E-state index in [9.17, 15) is 12.8 Å². The smallest absolute Gasteiger partial charge is 0.216 e. The van der Waals surface area contributed by atoms with E-state index in [4.69, 9.17) is 0 Å². The van der Waals surface area contributed by atoms with Crippen molar-refractivity contribution in [2.45, 2.75) is 37.0 Å². The molecule has 1 aromatic carbocycles. The molecule has 1 aliphatic carbocycles. The molecule has 1 fully saturated rings. The molecule has 17 heavy (non-hydrogen) atoms. The van der Waals surface area contributed by atoms with Gasteiger partial charge in [-0.25, -0.2) is 8.42 Å². The second-order valence-corrected chi connectivity index (χ2v) is 6.09. The summed E-state index contributed by atoms with van der Waals surface area (Å²) in [4.78, 5) is 0.0376. The maximum absolute atomic E-state index is 14.0. The normalized spacial score (nSPS) is 16.9. The maximum Gasteiger partial charge on any atom is 0.233 e. The summed E-state index contributed by atoms with van der Waals surface area (Å²) in [5, 5.41) is -0.927. The van der Waals surface area contributed by atoms with Crippen molar-refractivity contribution in [1.82, 2.24) is 0 Å². The molecule has 2 rings (SSSR count). The van der Waals surface area contributed by atoms with Crippen molar-refractivity contribution in [3.05, 3.63) is 41.1 Å². The Morgan fingerprint density at radius 3 is 2.18 bits per heavy atom. The van der Waals surface area contributed by atoms with Gasteiger partial charge in [0.25, 0.3) is 0 Å². The van der Waals surface area contributed by atoms with Gasteiger partial charge < -0.3 is 0 Å². The predicted molar refractivity (Wildman–Crippen MR) is 64.8 cm³/mol. The molecule has 0 heterocycles. The second kappa shape index (κ2) is 5.00. The van der Waals surface area contributed by atoms with Crippen molar-refractivity contribution in [3.63, 3.8) is 0 Å². The van der Waals surface area contributed by atoms with Gasteiger partial charge in [-0.15, -0.1) is 0 Å². The van der Waals surface area contributed by atoms with Crippen molar-refractivity contribution in [1.29, 1.82) is 0 Å². The Bertz CT molecular complexity index is 510. The van der Waals surface area contributed by atoms with E-state index >= 15 is 0 Å². The molecular weight excluding hydrogens is 239 g/mol. The molecule has 0 amide bonds. The lowest BCUT2D eigenvalue weighted by Gasteiger charge is -2.14. The number of hydrogen-bond acceptors (Lipinski definition) is 2. The van der Waals surface area contributed by atoms with Gasteiger partial charge in [0.15, 0.2) is 0 Å². The summed E-state index contributed by atoms with van der Waals surface area (Å²) in [6.45, 7) is 0. The van der Waals surface area contributed by atoms with Crippen LogP contribution in [0.25, 0.3) is 0 Å². The zero-order valence-corrected chi connectivity index (χ0v) is 10.3. The Hall–Kier alpha value is -1.16. The summed E-state index contributed by atoms with van der Waals surface area (Å²) in [6, 6.07) is 7.78. The highest BCUT2D eigenvalue weighted by molar-refractivity contribution is 7.95. The average Bonchev–Trinajstić information content (AvgIpc) is 2.40. The van der Waals surface area contributed by atoms with Crippen LogP contribution in [0, 0.1) is 0 Å². The standard InChI is InChI=1S/C13H15FO2S/c14-13(11-7-3-1-4-8-11)17(15,16)12-9-5-2-6-10-12/h2,5-6,9-10H,1,3-4,7-8H2. The molecule has 1 aliphatic rings. The quantitative estimate of drug-likeness (QED) is 0.808. The molecule has 0 aliphatic heterocycles. The molecule has 0 aromatic heterocycles. The minimum atomic E-state index is -3.93. The third-order valence-corrected chi connectivity index (χ3v) is 4.68. The van der Waals surface area contributed by atoms with Gasteiger partial charge in [0.2, 0.25) is 15.0 Å². The van der Waals surface area contributed by atoms with Crippen LogP contribution in [0.2, 0.25) is 0 Å². The molecule has 2 nitrogen and oxygen atoms in total. The molecule has 0 N–H and O–H groups in total. The van der Waals surface area contributed by atoms with Crippen molar-refractivity contribution < 1.29 is 12.8 Å². The van der Waals surface area contributed by atoms with Crippen molar-refractivity contribution >= 4 is 9.84 Å². The zero-order valence-electron chi connectivity index (χ0n) is 9.52. The fourth-order valence-corrected chi connectivity index (χ4v) is 3.37. The average molecular weight is 254 g/mol. The van der Waals surface area contributed by atoms with Gasteiger partial charge in [-0.2, -0.15) is 4.39 Å². The van der Waals surface area contributed by atoms with Gasteiger partial charge in [0.1, 0.15) is 0 Å². The summed E-state index contributed by atoms with van der Waals surface area (Å²) in [5.74, 6) is 0. The van der Waals surface area contributed by atoms with E-state index < -0.39 is 15.0 Å². The molecular formula is C13H15FO2S. The summed E-state index contributed by atoms with van der Waals surface area (Å²) in [5.41, 5.74) is 0.458. The first-order valence-electron chi connectivity index (χ1n) is 5.80. The van der Waals surface area contributed by atoms with E-state index in [2.05, 4.69) is 0 Å². The highest BCUT2D eigenvalue weighted by atomic mass is 32.2. The van der Waals surface area contributed by atoms with Crippen LogP contribution in [0.3, 0.4) is 0 Å². The number of rotatable bonds is 2. The summed E-state index contributed by atoms with van der Waals surface area (Å²) in [7, 11) is -3.93. The van der Waals surface area contributed by atoms with Crippen LogP contribution < -0.4 is 0 Å². The monoisotopic (exact) mass is 254 g/mol. The Balaban J connectivity index is 2.39. The van der Waals surface area contributed by atoms with E-state index in [0.29, 0.717) is 18.4 Å². The fourth-order valence-electron chi connectivity index (χ4n) is 2.07.